The van der Waals surface area contributed by atoms with E-state index >= 15 is 0 Å². The standard InChI is InChI=1S/C18H11NO2/c20-18(15-11-21-16-9-2-1-7-13(15)16)14-8-3-5-12-6-4-10-19-17(12)14/h1-11H. The number of carbonyl (C=O) groups excluding carboxylic acids is 1. The Bertz CT molecular complexity index is 964. The Hall–Kier alpha value is -2.94. The van der Waals surface area contributed by atoms with Crippen molar-refractivity contribution in [3.8, 4) is 0 Å². The third kappa shape index (κ3) is 1.82. The highest BCUT2D eigenvalue weighted by atomic mass is 16.3. The second kappa shape index (κ2) is 4.56. The summed E-state index contributed by atoms with van der Waals surface area (Å²) >= 11 is 0. The first-order chi connectivity index (χ1) is 10.3. The molecule has 0 unspecified atom stereocenters. The molecule has 2 heterocycles. The number of benzene rings is 2. The number of para-hydroxylation sites is 2. The maximum atomic E-state index is 12.8. The van der Waals surface area contributed by atoms with Gasteiger partial charge in [0.1, 0.15) is 11.8 Å². The number of aromatic nitrogens is 1. The average Bonchev–Trinajstić information content (AvgIpc) is 2.98. The molecular formula is C18H11NO2. The molecule has 3 nitrogen and oxygen atoms in total. The van der Waals surface area contributed by atoms with Crippen LogP contribution in [0.25, 0.3) is 21.9 Å². The first-order valence-corrected chi connectivity index (χ1v) is 6.69. The number of rotatable bonds is 2. The van der Waals surface area contributed by atoms with Gasteiger partial charge in [-0.05, 0) is 18.2 Å². The Balaban J connectivity index is 1.95. The van der Waals surface area contributed by atoms with Crippen molar-refractivity contribution in [2.75, 3.05) is 0 Å². The first-order valence-electron chi connectivity index (χ1n) is 6.69. The first kappa shape index (κ1) is 11.9. The van der Waals surface area contributed by atoms with Crippen LogP contribution >= 0.6 is 0 Å². The minimum absolute atomic E-state index is 0.0655. The number of fused-ring (bicyclic) bond motifs is 2. The molecule has 21 heavy (non-hydrogen) atoms. The Morgan fingerprint density at radius 2 is 1.76 bits per heavy atom. The smallest absolute Gasteiger partial charge is 0.199 e. The molecule has 2 aromatic carbocycles. The van der Waals surface area contributed by atoms with Gasteiger partial charge in [-0.2, -0.15) is 0 Å². The minimum atomic E-state index is -0.0655. The number of nitrogens with zero attached hydrogens (tertiary/aromatic N) is 1. The largest absolute Gasteiger partial charge is 0.464 e. The zero-order valence-corrected chi connectivity index (χ0v) is 11.1. The van der Waals surface area contributed by atoms with Crippen molar-refractivity contribution in [1.82, 2.24) is 4.98 Å². The number of pyridine rings is 1. The highest BCUT2D eigenvalue weighted by Gasteiger charge is 2.17. The minimum Gasteiger partial charge on any atom is -0.464 e. The van der Waals surface area contributed by atoms with E-state index in [0.717, 1.165) is 16.3 Å². The lowest BCUT2D eigenvalue weighted by atomic mass is 10.00. The Labute approximate surface area is 120 Å². The summed E-state index contributed by atoms with van der Waals surface area (Å²) in [7, 11) is 0. The fourth-order valence-electron chi connectivity index (χ4n) is 2.59. The molecule has 0 bridgehead atoms. The molecule has 0 aliphatic carbocycles. The van der Waals surface area contributed by atoms with E-state index in [2.05, 4.69) is 4.98 Å². The molecule has 2 aromatic heterocycles. The van der Waals surface area contributed by atoms with Crippen molar-refractivity contribution < 1.29 is 9.21 Å². The summed E-state index contributed by atoms with van der Waals surface area (Å²) in [5.74, 6) is -0.0655. The lowest BCUT2D eigenvalue weighted by Gasteiger charge is -2.03. The van der Waals surface area contributed by atoms with Gasteiger partial charge in [-0.25, -0.2) is 0 Å². The van der Waals surface area contributed by atoms with Gasteiger partial charge in [0.2, 0.25) is 0 Å². The quantitative estimate of drug-likeness (QED) is 0.514. The van der Waals surface area contributed by atoms with Crippen LogP contribution in [0.4, 0.5) is 0 Å². The molecule has 0 aliphatic rings. The van der Waals surface area contributed by atoms with Crippen molar-refractivity contribution in [1.29, 1.82) is 0 Å². The van der Waals surface area contributed by atoms with Gasteiger partial charge in [-0.15, -0.1) is 0 Å². The van der Waals surface area contributed by atoms with Crippen molar-refractivity contribution in [2.45, 2.75) is 0 Å². The maximum absolute atomic E-state index is 12.8. The van der Waals surface area contributed by atoms with Crippen LogP contribution < -0.4 is 0 Å². The third-order valence-electron chi connectivity index (χ3n) is 3.60. The SMILES string of the molecule is O=C(c1coc2ccccc12)c1cccc2cccnc12. The number of furan rings is 1. The van der Waals surface area contributed by atoms with Crippen LogP contribution in [0.1, 0.15) is 15.9 Å². The van der Waals surface area contributed by atoms with Crippen LogP contribution in [0.2, 0.25) is 0 Å². The highest BCUT2D eigenvalue weighted by Crippen LogP contribution is 2.25. The molecule has 3 heteroatoms. The predicted octanol–water partition coefficient (Wildman–Crippen LogP) is 4.21. The van der Waals surface area contributed by atoms with Gasteiger partial charge < -0.3 is 4.42 Å². The van der Waals surface area contributed by atoms with Gasteiger partial charge in [-0.3, -0.25) is 9.78 Å². The lowest BCUT2D eigenvalue weighted by molar-refractivity contribution is 0.104. The Morgan fingerprint density at radius 3 is 2.71 bits per heavy atom. The van der Waals surface area contributed by atoms with Crippen LogP contribution in [0.3, 0.4) is 0 Å². The van der Waals surface area contributed by atoms with E-state index in [0.29, 0.717) is 16.7 Å². The highest BCUT2D eigenvalue weighted by molar-refractivity contribution is 6.20. The third-order valence-corrected chi connectivity index (χ3v) is 3.60. The van der Waals surface area contributed by atoms with Gasteiger partial charge in [-0.1, -0.05) is 36.4 Å². The van der Waals surface area contributed by atoms with Crippen molar-refractivity contribution in [3.05, 3.63) is 78.2 Å². The molecule has 4 aromatic rings. The summed E-state index contributed by atoms with van der Waals surface area (Å²) in [5.41, 5.74) is 2.60. The average molecular weight is 273 g/mol. The van der Waals surface area contributed by atoms with Gasteiger partial charge in [0, 0.05) is 22.5 Å². The number of carbonyl (C=O) groups is 1. The molecule has 100 valence electrons. The van der Waals surface area contributed by atoms with Crippen molar-refractivity contribution in [2.24, 2.45) is 0 Å². The van der Waals surface area contributed by atoms with Crippen LogP contribution in [0.15, 0.2) is 71.5 Å². The van der Waals surface area contributed by atoms with Gasteiger partial charge >= 0.3 is 0 Å². The maximum Gasteiger partial charge on any atom is 0.199 e. The summed E-state index contributed by atoms with van der Waals surface area (Å²) < 4.78 is 5.46. The molecule has 0 spiro atoms. The van der Waals surface area contributed by atoms with E-state index in [1.165, 1.54) is 6.26 Å². The van der Waals surface area contributed by atoms with E-state index in [4.69, 9.17) is 4.42 Å². The van der Waals surface area contributed by atoms with Crippen LogP contribution in [-0.2, 0) is 0 Å². The van der Waals surface area contributed by atoms with Crippen molar-refractivity contribution >= 4 is 27.7 Å². The second-order valence-electron chi connectivity index (χ2n) is 4.86. The van der Waals surface area contributed by atoms with E-state index in [1.807, 2.05) is 48.5 Å². The summed E-state index contributed by atoms with van der Waals surface area (Å²) in [4.78, 5) is 17.2. The Kier molecular flexibility index (Phi) is 2.57. The zero-order valence-electron chi connectivity index (χ0n) is 11.1. The fourth-order valence-corrected chi connectivity index (χ4v) is 2.59. The number of hydrogen-bond acceptors (Lipinski definition) is 3. The normalized spacial score (nSPS) is 11.0. The predicted molar refractivity (Wildman–Crippen MR) is 81.4 cm³/mol. The molecule has 0 amide bonds. The topological polar surface area (TPSA) is 43.1 Å². The summed E-state index contributed by atoms with van der Waals surface area (Å²) in [6.07, 6.45) is 3.22. The van der Waals surface area contributed by atoms with E-state index in [-0.39, 0.29) is 5.78 Å². The molecule has 0 saturated carbocycles. The van der Waals surface area contributed by atoms with Crippen LogP contribution in [0, 0.1) is 0 Å². The molecular weight excluding hydrogens is 262 g/mol. The Morgan fingerprint density at radius 1 is 0.905 bits per heavy atom. The summed E-state index contributed by atoms with van der Waals surface area (Å²) in [6.45, 7) is 0. The second-order valence-corrected chi connectivity index (χ2v) is 4.86. The molecule has 4 rings (SSSR count). The van der Waals surface area contributed by atoms with E-state index in [1.54, 1.807) is 12.3 Å². The van der Waals surface area contributed by atoms with Gasteiger partial charge in [0.05, 0.1) is 11.1 Å². The summed E-state index contributed by atoms with van der Waals surface area (Å²) in [6, 6.07) is 17.0. The monoisotopic (exact) mass is 273 g/mol. The van der Waals surface area contributed by atoms with Crippen LogP contribution in [0.5, 0.6) is 0 Å². The van der Waals surface area contributed by atoms with Crippen molar-refractivity contribution in [3.63, 3.8) is 0 Å². The lowest BCUT2D eigenvalue weighted by Crippen LogP contribution is -2.02. The fraction of sp³-hybridized carbons (Fsp3) is 0. The molecule has 0 atom stereocenters. The zero-order chi connectivity index (χ0) is 14.2. The molecule has 0 N–H and O–H groups in total. The summed E-state index contributed by atoms with van der Waals surface area (Å²) in [5, 5.41) is 1.78. The molecule has 0 radical (unpaired) electrons. The molecule has 0 fully saturated rings. The van der Waals surface area contributed by atoms with E-state index in [9.17, 15) is 4.79 Å². The van der Waals surface area contributed by atoms with Crippen LogP contribution in [-0.4, -0.2) is 10.8 Å². The molecule has 0 saturated heterocycles. The van der Waals surface area contributed by atoms with Gasteiger partial charge in [0.15, 0.2) is 5.78 Å². The van der Waals surface area contributed by atoms with E-state index < -0.39 is 0 Å². The number of ketones is 1. The number of hydrogen-bond donors (Lipinski definition) is 0. The molecule has 0 aliphatic heterocycles. The van der Waals surface area contributed by atoms with Gasteiger partial charge in [0.25, 0.3) is 0 Å².